The molecule has 5 heteroatoms. The van der Waals surface area contributed by atoms with Crippen LogP contribution in [0.5, 0.6) is 11.5 Å². The fourth-order valence-corrected chi connectivity index (χ4v) is 2.54. The molecule has 0 amide bonds. The van der Waals surface area contributed by atoms with E-state index >= 15 is 0 Å². The van der Waals surface area contributed by atoms with Crippen LogP contribution in [0.1, 0.15) is 18.1 Å². The van der Waals surface area contributed by atoms with Gasteiger partial charge in [0, 0.05) is 16.7 Å². The molecule has 0 atom stereocenters. The zero-order valence-electron chi connectivity index (χ0n) is 12.8. The van der Waals surface area contributed by atoms with E-state index in [0.717, 1.165) is 0 Å². The molecule has 3 nitrogen and oxygen atoms in total. The van der Waals surface area contributed by atoms with E-state index in [1.54, 1.807) is 37.5 Å². The van der Waals surface area contributed by atoms with Crippen molar-refractivity contribution in [2.24, 2.45) is 0 Å². The number of ether oxygens (including phenoxy) is 2. The molecule has 2 rings (SSSR count). The molecule has 0 aliphatic rings. The predicted octanol–water partition coefficient (Wildman–Crippen LogP) is 5.46. The number of allylic oxidation sites excluding steroid dienone is 1. The normalized spacial score (nSPS) is 11.0. The predicted molar refractivity (Wildman–Crippen MR) is 94.1 cm³/mol. The van der Waals surface area contributed by atoms with E-state index in [9.17, 15) is 5.26 Å². The summed E-state index contributed by atoms with van der Waals surface area (Å²) in [7, 11) is 1.55. The molecule has 0 saturated carbocycles. The Labute approximate surface area is 145 Å². The number of hydrogen-bond acceptors (Lipinski definition) is 3. The summed E-state index contributed by atoms with van der Waals surface area (Å²) in [5, 5.41) is 10.4. The van der Waals surface area contributed by atoms with E-state index in [2.05, 4.69) is 6.07 Å². The number of nitriles is 1. The molecule has 0 aromatic heterocycles. The van der Waals surface area contributed by atoms with Crippen molar-refractivity contribution in [3.63, 3.8) is 0 Å². The topological polar surface area (TPSA) is 42.2 Å². The highest BCUT2D eigenvalue weighted by atomic mass is 35.5. The van der Waals surface area contributed by atoms with Crippen LogP contribution in [0.2, 0.25) is 10.0 Å². The third kappa shape index (κ3) is 3.98. The van der Waals surface area contributed by atoms with Crippen molar-refractivity contribution in [2.45, 2.75) is 6.92 Å². The summed E-state index contributed by atoms with van der Waals surface area (Å²) in [6, 6.07) is 12.7. The summed E-state index contributed by atoms with van der Waals surface area (Å²) >= 11 is 12.4. The molecule has 0 aliphatic heterocycles. The van der Waals surface area contributed by atoms with Gasteiger partial charge in [0.05, 0.1) is 30.4 Å². The molecule has 0 spiro atoms. The van der Waals surface area contributed by atoms with Crippen LogP contribution in [0.15, 0.2) is 36.4 Å². The van der Waals surface area contributed by atoms with Crippen molar-refractivity contribution < 1.29 is 9.47 Å². The van der Waals surface area contributed by atoms with E-state index in [1.165, 1.54) is 0 Å². The Hall–Kier alpha value is -2.15. The van der Waals surface area contributed by atoms with Crippen LogP contribution in [-0.2, 0) is 0 Å². The van der Waals surface area contributed by atoms with Gasteiger partial charge >= 0.3 is 0 Å². The summed E-state index contributed by atoms with van der Waals surface area (Å²) in [5.41, 5.74) is 1.74. The van der Waals surface area contributed by atoms with Gasteiger partial charge in [-0.25, -0.2) is 0 Å². The fraction of sp³-hybridized carbons (Fsp3) is 0.167. The molecule has 2 aromatic carbocycles. The highest BCUT2D eigenvalue weighted by Crippen LogP contribution is 2.35. The lowest BCUT2D eigenvalue weighted by molar-refractivity contribution is 0.311. The lowest BCUT2D eigenvalue weighted by atomic mass is 10.0. The highest BCUT2D eigenvalue weighted by Gasteiger charge is 2.11. The number of nitrogens with zero attached hydrogens (tertiary/aromatic N) is 1. The van der Waals surface area contributed by atoms with Gasteiger partial charge in [-0.1, -0.05) is 41.4 Å². The van der Waals surface area contributed by atoms with Crippen molar-refractivity contribution >= 4 is 34.9 Å². The maximum Gasteiger partial charge on any atom is 0.162 e. The third-order valence-electron chi connectivity index (χ3n) is 3.17. The molecular weight excluding hydrogens is 333 g/mol. The molecule has 0 aliphatic carbocycles. The first-order valence-electron chi connectivity index (χ1n) is 6.97. The van der Waals surface area contributed by atoms with E-state index in [-0.39, 0.29) is 0 Å². The molecule has 0 fully saturated rings. The van der Waals surface area contributed by atoms with Crippen LogP contribution in [0, 0.1) is 11.3 Å². The average Bonchev–Trinajstić information content (AvgIpc) is 2.56. The minimum atomic E-state index is 0.421. The molecule has 0 radical (unpaired) electrons. The maximum atomic E-state index is 9.45. The van der Waals surface area contributed by atoms with Gasteiger partial charge in [0.2, 0.25) is 0 Å². The first-order valence-corrected chi connectivity index (χ1v) is 7.73. The molecule has 0 saturated heterocycles. The Bertz CT molecular complexity index is 779. The summed E-state index contributed by atoms with van der Waals surface area (Å²) < 4.78 is 10.8. The minimum Gasteiger partial charge on any atom is -0.493 e. The molecule has 0 unspecified atom stereocenters. The monoisotopic (exact) mass is 347 g/mol. The summed E-state index contributed by atoms with van der Waals surface area (Å²) in [6.07, 6.45) is 1.69. The SMILES string of the molecule is CCOc1cc(C=C(C#N)c2ccccc2Cl)c(Cl)cc1OC. The third-order valence-corrected chi connectivity index (χ3v) is 3.82. The molecule has 0 N–H and O–H groups in total. The molecule has 2 aromatic rings. The first kappa shape index (κ1) is 17.2. The molecule has 0 heterocycles. The number of methoxy groups -OCH3 is 1. The Morgan fingerprint density at radius 1 is 1.17 bits per heavy atom. The molecule has 23 heavy (non-hydrogen) atoms. The van der Waals surface area contributed by atoms with Crippen LogP contribution < -0.4 is 9.47 Å². The number of hydrogen-bond donors (Lipinski definition) is 0. The van der Waals surface area contributed by atoms with Crippen LogP contribution in [-0.4, -0.2) is 13.7 Å². The van der Waals surface area contributed by atoms with Crippen molar-refractivity contribution in [1.29, 1.82) is 5.26 Å². The second-order valence-corrected chi connectivity index (χ2v) is 5.42. The Kier molecular flexibility index (Phi) is 5.92. The number of rotatable bonds is 5. The average molecular weight is 348 g/mol. The maximum absolute atomic E-state index is 9.45. The lowest BCUT2D eigenvalue weighted by Gasteiger charge is -2.12. The summed E-state index contributed by atoms with van der Waals surface area (Å²) in [4.78, 5) is 0. The second-order valence-electron chi connectivity index (χ2n) is 4.61. The van der Waals surface area contributed by atoms with Crippen LogP contribution in [0.3, 0.4) is 0 Å². The van der Waals surface area contributed by atoms with E-state index in [0.29, 0.717) is 44.9 Å². The molecular formula is C18H15Cl2NO2. The number of halogens is 2. The van der Waals surface area contributed by atoms with Gasteiger partial charge in [0.25, 0.3) is 0 Å². The quantitative estimate of drug-likeness (QED) is 0.532. The van der Waals surface area contributed by atoms with Gasteiger partial charge in [-0.2, -0.15) is 5.26 Å². The summed E-state index contributed by atoms with van der Waals surface area (Å²) in [5.74, 6) is 1.12. The largest absolute Gasteiger partial charge is 0.493 e. The first-order chi connectivity index (χ1) is 11.1. The van der Waals surface area contributed by atoms with Crippen LogP contribution in [0.25, 0.3) is 11.6 Å². The van der Waals surface area contributed by atoms with Crippen molar-refractivity contribution in [3.8, 4) is 17.6 Å². The van der Waals surface area contributed by atoms with Crippen LogP contribution >= 0.6 is 23.2 Å². The van der Waals surface area contributed by atoms with Gasteiger partial charge in [-0.15, -0.1) is 0 Å². The smallest absolute Gasteiger partial charge is 0.162 e. The standard InChI is InChI=1S/C18H15Cl2NO2/c1-3-23-18-9-12(16(20)10-17(18)22-2)8-13(11-21)14-6-4-5-7-15(14)19/h4-10H,3H2,1-2H3. The second kappa shape index (κ2) is 7.92. The number of benzene rings is 2. The van der Waals surface area contributed by atoms with Crippen molar-refractivity contribution in [2.75, 3.05) is 13.7 Å². The van der Waals surface area contributed by atoms with Gasteiger partial charge in [0.1, 0.15) is 0 Å². The Balaban J connectivity index is 2.54. The van der Waals surface area contributed by atoms with E-state index in [1.807, 2.05) is 19.1 Å². The van der Waals surface area contributed by atoms with Gasteiger partial charge in [-0.05, 0) is 30.7 Å². The minimum absolute atomic E-state index is 0.421. The lowest BCUT2D eigenvalue weighted by Crippen LogP contribution is -1.96. The van der Waals surface area contributed by atoms with Crippen molar-refractivity contribution in [3.05, 3.63) is 57.6 Å². The van der Waals surface area contributed by atoms with Gasteiger partial charge in [-0.3, -0.25) is 0 Å². The fourth-order valence-electron chi connectivity index (χ4n) is 2.09. The van der Waals surface area contributed by atoms with Gasteiger partial charge < -0.3 is 9.47 Å². The Morgan fingerprint density at radius 2 is 1.91 bits per heavy atom. The zero-order valence-corrected chi connectivity index (χ0v) is 14.3. The van der Waals surface area contributed by atoms with Crippen LogP contribution in [0.4, 0.5) is 0 Å². The van der Waals surface area contributed by atoms with E-state index in [4.69, 9.17) is 32.7 Å². The van der Waals surface area contributed by atoms with Crippen molar-refractivity contribution in [1.82, 2.24) is 0 Å². The molecule has 118 valence electrons. The van der Waals surface area contributed by atoms with Gasteiger partial charge in [0.15, 0.2) is 11.5 Å². The highest BCUT2D eigenvalue weighted by molar-refractivity contribution is 6.33. The summed E-state index contributed by atoms with van der Waals surface area (Å²) in [6.45, 7) is 2.38. The van der Waals surface area contributed by atoms with E-state index < -0.39 is 0 Å². The molecule has 0 bridgehead atoms. The zero-order chi connectivity index (χ0) is 16.8. The Morgan fingerprint density at radius 3 is 2.52 bits per heavy atom.